The van der Waals surface area contributed by atoms with Crippen molar-refractivity contribution >= 4 is 23.6 Å². The van der Waals surface area contributed by atoms with Gasteiger partial charge in [0.15, 0.2) is 0 Å². The number of nitrogens with zero attached hydrogens (tertiary/aromatic N) is 1. The molecule has 33 heavy (non-hydrogen) atoms. The number of carbonyl (C=O) groups excluding carboxylic acids is 4. The first-order valence-electron chi connectivity index (χ1n) is 10.9. The highest BCUT2D eigenvalue weighted by molar-refractivity contribution is 6.05. The highest BCUT2D eigenvalue weighted by Crippen LogP contribution is 2.43. The quantitative estimate of drug-likeness (QED) is 0.681. The molecule has 0 spiro atoms. The zero-order chi connectivity index (χ0) is 23.3. The van der Waals surface area contributed by atoms with Gasteiger partial charge in [0, 0.05) is 35.2 Å². The summed E-state index contributed by atoms with van der Waals surface area (Å²) in [5.74, 6) is -3.31. The van der Waals surface area contributed by atoms with E-state index in [1.807, 2.05) is 0 Å². The lowest BCUT2D eigenvalue weighted by Gasteiger charge is -2.31. The molecule has 7 nitrogen and oxygen atoms in total. The number of benzene rings is 2. The Balaban J connectivity index is 1.32. The molecule has 3 aliphatic rings. The molecule has 0 radical (unpaired) electrons. The van der Waals surface area contributed by atoms with Gasteiger partial charge in [-0.1, -0.05) is 6.07 Å². The summed E-state index contributed by atoms with van der Waals surface area (Å²) < 4.78 is 29.0. The molecule has 2 aromatic rings. The third-order valence-corrected chi connectivity index (χ3v) is 6.39. The average Bonchev–Trinajstić information content (AvgIpc) is 3.56. The number of imide groups is 1. The second-order valence-corrected chi connectivity index (χ2v) is 8.65. The minimum Gasteiger partial charge on any atom is -0.348 e. The predicted molar refractivity (Wildman–Crippen MR) is 112 cm³/mol. The van der Waals surface area contributed by atoms with Crippen LogP contribution in [0.2, 0.25) is 0 Å². The van der Waals surface area contributed by atoms with Gasteiger partial charge in [0.2, 0.25) is 5.91 Å². The maximum atomic E-state index is 14.9. The summed E-state index contributed by atoms with van der Waals surface area (Å²) in [5.41, 5.74) is 1.57. The monoisotopic (exact) mass is 453 g/mol. The number of amides is 4. The van der Waals surface area contributed by atoms with Gasteiger partial charge in [-0.15, -0.1) is 0 Å². The number of carbonyl (C=O) groups is 4. The zero-order valence-electron chi connectivity index (χ0n) is 17.6. The Morgan fingerprint density at radius 1 is 1.09 bits per heavy atom. The average molecular weight is 453 g/mol. The summed E-state index contributed by atoms with van der Waals surface area (Å²) in [6.45, 7) is 0.00843. The molecule has 1 atom stereocenters. The molecule has 0 aromatic heterocycles. The van der Waals surface area contributed by atoms with Crippen LogP contribution in [0.15, 0.2) is 30.3 Å². The lowest BCUT2D eigenvalue weighted by molar-refractivity contribution is -0.150. The molecule has 1 aliphatic carbocycles. The first kappa shape index (κ1) is 21.2. The molecule has 5 rings (SSSR count). The molecule has 1 saturated heterocycles. The number of likely N-dealkylation sites (tertiary alicyclic amines) is 1. The molecule has 2 N–H and O–H groups in total. The third-order valence-electron chi connectivity index (χ3n) is 6.39. The van der Waals surface area contributed by atoms with Crippen molar-refractivity contribution in [1.82, 2.24) is 15.5 Å². The van der Waals surface area contributed by atoms with Gasteiger partial charge < -0.3 is 10.6 Å². The van der Waals surface area contributed by atoms with Crippen LogP contribution in [0.25, 0.3) is 0 Å². The number of rotatable bonds is 5. The van der Waals surface area contributed by atoms with Crippen molar-refractivity contribution in [2.24, 2.45) is 0 Å². The lowest BCUT2D eigenvalue weighted by atomic mass is 10.00. The van der Waals surface area contributed by atoms with Gasteiger partial charge in [-0.05, 0) is 55.0 Å². The fraction of sp³-hybridized carbons (Fsp3) is 0.333. The standard InChI is InChI=1S/C24H21F2N3O4/c25-17-6-4-14(21(26)20(17)12-1-2-12)11-29-19(30)8-7-18(24(29)33)28-22(31)13-3-5-16-15(9-13)10-27-23(16)32/h3-6,9,12,18H,1-2,7-8,10-11H2,(H,27,32)(H,28,31). The Labute approximate surface area is 188 Å². The van der Waals surface area contributed by atoms with Crippen LogP contribution < -0.4 is 10.6 Å². The number of hydrogen-bond acceptors (Lipinski definition) is 4. The summed E-state index contributed by atoms with van der Waals surface area (Å²) in [7, 11) is 0. The minimum absolute atomic E-state index is 0.0115. The van der Waals surface area contributed by atoms with Gasteiger partial charge in [-0.25, -0.2) is 8.78 Å². The van der Waals surface area contributed by atoms with Crippen LogP contribution in [0.5, 0.6) is 0 Å². The summed E-state index contributed by atoms with van der Waals surface area (Å²) in [4.78, 5) is 50.8. The maximum Gasteiger partial charge on any atom is 0.252 e. The Morgan fingerprint density at radius 3 is 2.64 bits per heavy atom. The van der Waals surface area contributed by atoms with Crippen molar-refractivity contribution in [2.75, 3.05) is 0 Å². The van der Waals surface area contributed by atoms with E-state index >= 15 is 0 Å². The summed E-state index contributed by atoms with van der Waals surface area (Å²) in [6, 6.07) is 6.11. The van der Waals surface area contributed by atoms with Crippen LogP contribution in [-0.2, 0) is 22.7 Å². The third kappa shape index (κ3) is 3.88. The normalized spacial score (nSPS) is 20.0. The highest BCUT2D eigenvalue weighted by Gasteiger charge is 2.37. The second kappa shape index (κ2) is 8.06. The van der Waals surface area contributed by atoms with Crippen molar-refractivity contribution in [3.63, 3.8) is 0 Å². The summed E-state index contributed by atoms with van der Waals surface area (Å²) >= 11 is 0. The molecule has 2 fully saturated rings. The molecule has 1 unspecified atom stereocenters. The van der Waals surface area contributed by atoms with E-state index in [4.69, 9.17) is 0 Å². The Hall–Kier alpha value is -3.62. The van der Waals surface area contributed by atoms with E-state index in [1.54, 1.807) is 12.1 Å². The SMILES string of the molecule is O=C(NC1CCC(=O)N(Cc2ccc(F)c(C3CC3)c2F)C1=O)c1ccc2c(c1)CNC2=O. The predicted octanol–water partition coefficient (Wildman–Crippen LogP) is 2.53. The van der Waals surface area contributed by atoms with E-state index in [1.165, 1.54) is 12.1 Å². The Bertz CT molecular complexity index is 1210. The van der Waals surface area contributed by atoms with Crippen LogP contribution in [0.4, 0.5) is 8.78 Å². The molecular formula is C24H21F2N3O4. The van der Waals surface area contributed by atoms with Crippen LogP contribution in [-0.4, -0.2) is 34.6 Å². The van der Waals surface area contributed by atoms with Gasteiger partial charge >= 0.3 is 0 Å². The molecule has 2 aromatic carbocycles. The zero-order valence-corrected chi connectivity index (χ0v) is 17.6. The van der Waals surface area contributed by atoms with Crippen molar-refractivity contribution in [3.05, 3.63) is 69.8 Å². The number of halogens is 2. The lowest BCUT2D eigenvalue weighted by Crippen LogP contribution is -2.54. The van der Waals surface area contributed by atoms with Gasteiger partial charge in [0.1, 0.15) is 17.7 Å². The van der Waals surface area contributed by atoms with Crippen molar-refractivity contribution in [1.29, 1.82) is 0 Å². The van der Waals surface area contributed by atoms with Gasteiger partial charge in [-0.3, -0.25) is 24.1 Å². The first-order chi connectivity index (χ1) is 15.8. The van der Waals surface area contributed by atoms with Gasteiger partial charge in [0.25, 0.3) is 17.7 Å². The molecule has 4 amide bonds. The number of nitrogens with one attached hydrogen (secondary N) is 2. The second-order valence-electron chi connectivity index (χ2n) is 8.65. The van der Waals surface area contributed by atoms with E-state index in [9.17, 15) is 28.0 Å². The molecule has 2 aliphatic heterocycles. The summed E-state index contributed by atoms with van der Waals surface area (Å²) in [5, 5.41) is 5.32. The van der Waals surface area contributed by atoms with Crippen LogP contribution in [0, 0.1) is 11.6 Å². The van der Waals surface area contributed by atoms with Crippen molar-refractivity contribution in [3.8, 4) is 0 Å². The number of fused-ring (bicyclic) bond motifs is 1. The van der Waals surface area contributed by atoms with Gasteiger partial charge in [-0.2, -0.15) is 0 Å². The van der Waals surface area contributed by atoms with Crippen molar-refractivity contribution in [2.45, 2.75) is 50.7 Å². The topological polar surface area (TPSA) is 95.6 Å². The van der Waals surface area contributed by atoms with E-state index in [2.05, 4.69) is 10.6 Å². The Kier molecular flexibility index (Phi) is 5.19. The van der Waals surface area contributed by atoms with Crippen LogP contribution in [0.1, 0.15) is 69.0 Å². The highest BCUT2D eigenvalue weighted by atomic mass is 19.1. The molecule has 0 bridgehead atoms. The molecule has 170 valence electrons. The number of hydrogen-bond donors (Lipinski definition) is 2. The fourth-order valence-electron chi connectivity index (χ4n) is 4.41. The van der Waals surface area contributed by atoms with Crippen LogP contribution in [0.3, 0.4) is 0 Å². The van der Waals surface area contributed by atoms with E-state index in [0.717, 1.165) is 11.0 Å². The van der Waals surface area contributed by atoms with Crippen LogP contribution >= 0.6 is 0 Å². The van der Waals surface area contributed by atoms with E-state index in [0.29, 0.717) is 36.1 Å². The largest absolute Gasteiger partial charge is 0.348 e. The minimum atomic E-state index is -0.949. The van der Waals surface area contributed by atoms with Gasteiger partial charge in [0.05, 0.1) is 6.54 Å². The molecule has 1 saturated carbocycles. The van der Waals surface area contributed by atoms with E-state index < -0.39 is 35.4 Å². The molecular weight excluding hydrogens is 432 g/mol. The summed E-state index contributed by atoms with van der Waals surface area (Å²) in [6.07, 6.45) is 1.56. The van der Waals surface area contributed by atoms with E-state index in [-0.39, 0.29) is 42.3 Å². The fourth-order valence-corrected chi connectivity index (χ4v) is 4.41. The smallest absolute Gasteiger partial charge is 0.252 e. The molecule has 9 heteroatoms. The number of piperidine rings is 1. The maximum absolute atomic E-state index is 14.9. The van der Waals surface area contributed by atoms with Crippen molar-refractivity contribution < 1.29 is 28.0 Å². The molecule has 2 heterocycles. The first-order valence-corrected chi connectivity index (χ1v) is 10.9. The Morgan fingerprint density at radius 2 is 1.88 bits per heavy atom.